The first-order valence-corrected chi connectivity index (χ1v) is 13.7. The van der Waals surface area contributed by atoms with Gasteiger partial charge in [-0.25, -0.2) is 4.98 Å². The zero-order valence-electron chi connectivity index (χ0n) is 20.9. The van der Waals surface area contributed by atoms with E-state index in [0.717, 1.165) is 46.8 Å². The van der Waals surface area contributed by atoms with Crippen LogP contribution in [0.5, 0.6) is 11.5 Å². The second-order valence-corrected chi connectivity index (χ2v) is 11.2. The Morgan fingerprint density at radius 3 is 2.49 bits per heavy atom. The molecule has 1 N–H and O–H groups in total. The Morgan fingerprint density at radius 1 is 1.13 bits per heavy atom. The van der Waals surface area contributed by atoms with Gasteiger partial charge in [-0.05, 0) is 73.4 Å². The average molecular weight is 573 g/mol. The number of imidazole rings is 1. The van der Waals surface area contributed by atoms with Crippen molar-refractivity contribution < 1.29 is 38.3 Å². The van der Waals surface area contributed by atoms with Crippen LogP contribution < -0.4 is 8.92 Å². The van der Waals surface area contributed by atoms with Crippen LogP contribution in [0.25, 0.3) is 11.8 Å². The van der Waals surface area contributed by atoms with Crippen LogP contribution in [0.1, 0.15) is 29.7 Å². The van der Waals surface area contributed by atoms with Crippen molar-refractivity contribution in [2.24, 2.45) is 5.16 Å². The third kappa shape index (κ3) is 5.52. The van der Waals surface area contributed by atoms with Crippen LogP contribution in [-0.2, 0) is 10.6 Å². The molecule has 0 bridgehead atoms. The van der Waals surface area contributed by atoms with Gasteiger partial charge < -0.3 is 28.3 Å². The summed E-state index contributed by atoms with van der Waals surface area (Å²) in [5.74, 6) is 0.00107. The first-order valence-electron chi connectivity index (χ1n) is 11.8. The van der Waals surface area contributed by atoms with E-state index in [1.807, 2.05) is 42.0 Å². The van der Waals surface area contributed by atoms with Crippen LogP contribution in [0.2, 0.25) is 0 Å². The summed E-state index contributed by atoms with van der Waals surface area (Å²) >= 11 is 0. The molecule has 0 amide bonds. The number of hydrogen-bond acceptors (Lipinski definition) is 7. The Bertz CT molecular complexity index is 1480. The number of nitrogens with zero attached hydrogens (tertiary/aromatic N) is 4. The molecule has 5 rings (SSSR count). The highest BCUT2D eigenvalue weighted by Crippen LogP contribution is 2.97. The van der Waals surface area contributed by atoms with Gasteiger partial charge in [0.25, 0.3) is 5.72 Å². The lowest BCUT2D eigenvalue weighted by Crippen LogP contribution is -2.51. The lowest BCUT2D eigenvalue weighted by molar-refractivity contribution is -0.137. The number of piperidine rings is 1. The maximum absolute atomic E-state index is 12.7. The molecule has 39 heavy (non-hydrogen) atoms. The molecule has 2 aromatic carbocycles. The van der Waals surface area contributed by atoms with E-state index in [4.69, 9.17) is 9.57 Å². The SMILES string of the molecule is COc1cc(/C=C2\CCCN3C2=NOC3(CO)c2ccc(OS(F)(F)(F)(F)F)cc2)ccc1-n1cnc(C)c1. The predicted molar refractivity (Wildman–Crippen MR) is 136 cm³/mol. The van der Waals surface area contributed by atoms with Gasteiger partial charge in [0.2, 0.25) is 0 Å². The lowest BCUT2D eigenvalue weighted by atomic mass is 9.94. The van der Waals surface area contributed by atoms with Crippen molar-refractivity contribution in [3.8, 4) is 17.2 Å². The zero-order valence-corrected chi connectivity index (χ0v) is 21.7. The number of aliphatic hydroxyl groups excluding tert-OH is 1. The minimum absolute atomic E-state index is 0.223. The van der Waals surface area contributed by atoms with Crippen molar-refractivity contribution in [3.05, 3.63) is 77.4 Å². The van der Waals surface area contributed by atoms with Gasteiger partial charge in [-0.3, -0.25) is 0 Å². The molecule has 2 aliphatic rings. The van der Waals surface area contributed by atoms with Gasteiger partial charge in [0.15, 0.2) is 5.84 Å². The van der Waals surface area contributed by atoms with E-state index < -0.39 is 28.6 Å². The highest BCUT2D eigenvalue weighted by atomic mass is 32.5. The molecule has 1 atom stereocenters. The number of halogens is 5. The maximum Gasteiger partial charge on any atom is 0.435 e. The molecule has 210 valence electrons. The molecule has 0 aliphatic carbocycles. The Kier molecular flexibility index (Phi) is 5.92. The summed E-state index contributed by atoms with van der Waals surface area (Å²) < 4.78 is 74.1. The van der Waals surface area contributed by atoms with Crippen LogP contribution in [0.15, 0.2) is 65.7 Å². The number of aryl methyl sites for hydroxylation is 1. The van der Waals surface area contributed by atoms with Crippen molar-refractivity contribution in [1.82, 2.24) is 14.5 Å². The summed E-state index contributed by atoms with van der Waals surface area (Å²) in [6.07, 6.45) is 6.81. The van der Waals surface area contributed by atoms with Gasteiger partial charge in [-0.1, -0.05) is 30.7 Å². The number of benzene rings is 2. The molecule has 1 fully saturated rings. The molecule has 1 saturated heterocycles. The Hall–Kier alpha value is -3.78. The Labute approximate surface area is 220 Å². The fourth-order valence-corrected chi connectivity index (χ4v) is 5.18. The molecule has 14 heteroatoms. The number of aliphatic hydroxyl groups is 1. The second kappa shape index (κ2) is 8.61. The molecule has 3 aromatic rings. The highest BCUT2D eigenvalue weighted by Gasteiger charge is 2.67. The van der Waals surface area contributed by atoms with Gasteiger partial charge in [0.05, 0.1) is 24.8 Å². The van der Waals surface area contributed by atoms with Crippen molar-refractivity contribution in [3.63, 3.8) is 0 Å². The van der Waals surface area contributed by atoms with Crippen LogP contribution in [0, 0.1) is 6.92 Å². The van der Waals surface area contributed by atoms with Gasteiger partial charge in [0.1, 0.15) is 18.1 Å². The monoisotopic (exact) mass is 572 g/mol. The van der Waals surface area contributed by atoms with Gasteiger partial charge in [-0.2, -0.15) is 0 Å². The minimum atomic E-state index is -10.1. The topological polar surface area (TPSA) is 81.3 Å². The summed E-state index contributed by atoms with van der Waals surface area (Å²) in [4.78, 5) is 11.6. The van der Waals surface area contributed by atoms with Crippen molar-refractivity contribution >= 4 is 22.4 Å². The smallest absolute Gasteiger partial charge is 0.435 e. The van der Waals surface area contributed by atoms with Crippen molar-refractivity contribution in [2.75, 3.05) is 20.3 Å². The fourth-order valence-electron chi connectivity index (χ4n) is 4.70. The van der Waals surface area contributed by atoms with Crippen LogP contribution in [0.3, 0.4) is 0 Å². The van der Waals surface area contributed by atoms with E-state index in [1.54, 1.807) is 18.3 Å². The van der Waals surface area contributed by atoms with E-state index >= 15 is 0 Å². The molecule has 0 spiro atoms. The molecule has 0 saturated carbocycles. The Morgan fingerprint density at radius 2 is 1.87 bits per heavy atom. The van der Waals surface area contributed by atoms with Crippen LogP contribution in [-0.4, -0.2) is 45.7 Å². The average Bonchev–Trinajstić information content (AvgIpc) is 3.47. The summed E-state index contributed by atoms with van der Waals surface area (Å²) in [6.45, 7) is 1.72. The zero-order chi connectivity index (χ0) is 28.1. The number of rotatable bonds is 7. The van der Waals surface area contributed by atoms with E-state index in [1.165, 1.54) is 0 Å². The summed E-state index contributed by atoms with van der Waals surface area (Å²) in [5.41, 5.74) is 1.99. The standard InChI is InChI=1S/C25H25F5N4O4S/c1-17-14-33(16-31-17)22-10-5-18(13-23(22)36-2)12-19-4-3-11-34-24(19)32-38-25(34,15-35)20-6-8-21(9-7-20)37-39(26,27,28,29)30/h5-10,12-14,16,35H,3-4,11,15H2,1-2H3/b19-12+. The predicted octanol–water partition coefficient (Wildman–Crippen LogP) is 6.45. The van der Waals surface area contributed by atoms with E-state index in [-0.39, 0.29) is 5.56 Å². The molecular weight excluding hydrogens is 547 g/mol. The minimum Gasteiger partial charge on any atom is -0.495 e. The van der Waals surface area contributed by atoms with Crippen LogP contribution in [0.4, 0.5) is 19.4 Å². The fraction of sp³-hybridized carbons (Fsp3) is 0.280. The lowest BCUT2D eigenvalue weighted by Gasteiger charge is -2.40. The normalized spacial score (nSPS) is 22.0. The summed E-state index contributed by atoms with van der Waals surface area (Å²) in [7, 11) is -8.55. The van der Waals surface area contributed by atoms with Crippen LogP contribution >= 0.6 is 10.5 Å². The largest absolute Gasteiger partial charge is 0.495 e. The van der Waals surface area contributed by atoms with Crippen molar-refractivity contribution in [1.29, 1.82) is 0 Å². The molecular formula is C25H25F5N4O4S. The first-order chi connectivity index (χ1) is 18.2. The Balaban J connectivity index is 1.42. The molecule has 0 radical (unpaired) electrons. The third-order valence-electron chi connectivity index (χ3n) is 6.40. The number of oxime groups is 1. The third-order valence-corrected chi connectivity index (χ3v) is 6.91. The molecule has 8 nitrogen and oxygen atoms in total. The number of fused-ring (bicyclic) bond motifs is 1. The summed E-state index contributed by atoms with van der Waals surface area (Å²) in [5, 5.41) is 14.5. The van der Waals surface area contributed by atoms with E-state index in [0.29, 0.717) is 31.0 Å². The molecule has 3 heterocycles. The van der Waals surface area contributed by atoms with Gasteiger partial charge in [-0.15, -0.1) is 0 Å². The quantitative estimate of drug-likeness (QED) is 0.328. The van der Waals surface area contributed by atoms with E-state index in [2.05, 4.69) is 14.3 Å². The number of amidine groups is 1. The number of hydrogen-bond donors (Lipinski definition) is 1. The molecule has 1 aromatic heterocycles. The van der Waals surface area contributed by atoms with E-state index in [9.17, 15) is 24.5 Å². The maximum atomic E-state index is 12.7. The second-order valence-electron chi connectivity index (χ2n) is 9.23. The number of methoxy groups -OCH3 is 1. The number of aromatic nitrogens is 2. The molecule has 2 aliphatic heterocycles. The molecule has 1 unspecified atom stereocenters. The van der Waals surface area contributed by atoms with Gasteiger partial charge in [0, 0.05) is 18.3 Å². The van der Waals surface area contributed by atoms with Crippen molar-refractivity contribution in [2.45, 2.75) is 25.5 Å². The van der Waals surface area contributed by atoms with Gasteiger partial charge >= 0.3 is 10.5 Å². The summed E-state index contributed by atoms with van der Waals surface area (Å²) in [6, 6.07) is 9.44. The highest BCUT2D eigenvalue weighted by molar-refractivity contribution is 8.42. The first kappa shape index (κ1) is 26.8. The number of ether oxygens (including phenoxy) is 1.